The van der Waals surface area contributed by atoms with Gasteiger partial charge in [-0.15, -0.1) is 10.2 Å². The van der Waals surface area contributed by atoms with Crippen LogP contribution in [0.3, 0.4) is 0 Å². The monoisotopic (exact) mass is 572 g/mol. The predicted molar refractivity (Wildman–Crippen MR) is 161 cm³/mol. The maximum atomic E-state index is 13.5. The van der Waals surface area contributed by atoms with Crippen molar-refractivity contribution in [1.82, 2.24) is 24.9 Å². The Morgan fingerprint density at radius 2 is 1.74 bits per heavy atom. The summed E-state index contributed by atoms with van der Waals surface area (Å²) in [5, 5.41) is 8.94. The molecular weight excluding hydrogens is 532 g/mol. The van der Waals surface area contributed by atoms with E-state index >= 15 is 0 Å². The van der Waals surface area contributed by atoms with E-state index in [1.165, 1.54) is 0 Å². The van der Waals surface area contributed by atoms with Crippen molar-refractivity contribution in [2.45, 2.75) is 12.8 Å². The largest absolute Gasteiger partial charge is 0.497 e. The molecule has 42 heavy (non-hydrogen) atoms. The van der Waals surface area contributed by atoms with Gasteiger partial charge in [-0.2, -0.15) is 0 Å². The van der Waals surface area contributed by atoms with E-state index in [4.69, 9.17) is 9.47 Å². The van der Waals surface area contributed by atoms with Crippen LogP contribution in [0.15, 0.2) is 66.7 Å². The van der Waals surface area contributed by atoms with Gasteiger partial charge in [0, 0.05) is 57.9 Å². The standard InChI is InChI=1S/C32H40N6O4/c1-41-28-10-5-9-27(24-28)29-11-12-30(34-33-29)36-13-6-14-37(18-17-36)32(40)25-38(16-15-35-19-21-42-22-20-35)31(39)23-26-7-3-2-4-8-26/h2-5,7-12,24H,6,13-23,25H2,1H3. The molecule has 3 heterocycles. The van der Waals surface area contributed by atoms with Gasteiger partial charge in [-0.1, -0.05) is 42.5 Å². The van der Waals surface area contributed by atoms with E-state index in [1.807, 2.05) is 71.6 Å². The molecule has 2 aliphatic rings. The van der Waals surface area contributed by atoms with Crippen LogP contribution in [0.25, 0.3) is 11.3 Å². The number of amides is 2. The molecule has 1 aromatic heterocycles. The number of rotatable bonds is 10. The fourth-order valence-electron chi connectivity index (χ4n) is 5.35. The van der Waals surface area contributed by atoms with Crippen LogP contribution in [0.2, 0.25) is 0 Å². The van der Waals surface area contributed by atoms with Crippen LogP contribution in [-0.4, -0.2) is 116 Å². The highest BCUT2D eigenvalue weighted by Crippen LogP contribution is 2.23. The molecule has 10 heteroatoms. The Bertz CT molecular complexity index is 1300. The first-order valence-electron chi connectivity index (χ1n) is 14.7. The SMILES string of the molecule is COc1cccc(-c2ccc(N3CCCN(C(=O)CN(CCN4CCOCC4)C(=O)Cc4ccccc4)CC3)nn2)c1. The highest BCUT2D eigenvalue weighted by Gasteiger charge is 2.25. The number of anilines is 1. The smallest absolute Gasteiger partial charge is 0.242 e. The molecule has 2 amide bonds. The summed E-state index contributed by atoms with van der Waals surface area (Å²) < 4.78 is 10.8. The van der Waals surface area contributed by atoms with Gasteiger partial charge in [0.2, 0.25) is 11.8 Å². The van der Waals surface area contributed by atoms with E-state index < -0.39 is 0 Å². The average molecular weight is 573 g/mol. The molecule has 10 nitrogen and oxygen atoms in total. The first-order valence-corrected chi connectivity index (χ1v) is 14.7. The predicted octanol–water partition coefficient (Wildman–Crippen LogP) is 2.59. The summed E-state index contributed by atoms with van der Waals surface area (Å²) in [7, 11) is 1.65. The minimum atomic E-state index is -0.0225. The lowest BCUT2D eigenvalue weighted by molar-refractivity contribution is -0.140. The zero-order valence-electron chi connectivity index (χ0n) is 24.4. The maximum Gasteiger partial charge on any atom is 0.242 e. The van der Waals surface area contributed by atoms with Crippen molar-refractivity contribution in [1.29, 1.82) is 0 Å². The molecule has 0 N–H and O–H groups in total. The highest BCUT2D eigenvalue weighted by molar-refractivity contribution is 5.86. The van der Waals surface area contributed by atoms with Crippen molar-refractivity contribution >= 4 is 17.6 Å². The maximum absolute atomic E-state index is 13.5. The molecule has 0 bridgehead atoms. The lowest BCUT2D eigenvalue weighted by Gasteiger charge is -2.31. The molecule has 0 aliphatic carbocycles. The van der Waals surface area contributed by atoms with Crippen molar-refractivity contribution in [2.75, 3.05) is 84.1 Å². The van der Waals surface area contributed by atoms with E-state index in [2.05, 4.69) is 20.0 Å². The molecule has 2 aliphatic heterocycles. The molecule has 0 radical (unpaired) electrons. The molecule has 5 rings (SSSR count). The third-order valence-corrected chi connectivity index (χ3v) is 7.86. The lowest BCUT2D eigenvalue weighted by Crippen LogP contribution is -2.48. The summed E-state index contributed by atoms with van der Waals surface area (Å²) in [6.07, 6.45) is 1.10. The third kappa shape index (κ3) is 8.04. The van der Waals surface area contributed by atoms with Crippen LogP contribution < -0.4 is 9.64 Å². The Hall–Kier alpha value is -4.02. The zero-order chi connectivity index (χ0) is 29.1. The van der Waals surface area contributed by atoms with Crippen molar-refractivity contribution in [3.63, 3.8) is 0 Å². The van der Waals surface area contributed by atoms with Crippen molar-refractivity contribution < 1.29 is 19.1 Å². The Morgan fingerprint density at radius 3 is 2.50 bits per heavy atom. The van der Waals surface area contributed by atoms with Crippen LogP contribution in [0.5, 0.6) is 5.75 Å². The summed E-state index contributed by atoms with van der Waals surface area (Å²) in [6, 6.07) is 21.4. The van der Waals surface area contributed by atoms with Crippen LogP contribution in [-0.2, 0) is 20.7 Å². The van der Waals surface area contributed by atoms with Crippen LogP contribution in [0, 0.1) is 0 Å². The highest BCUT2D eigenvalue weighted by atomic mass is 16.5. The summed E-state index contributed by atoms with van der Waals surface area (Å²) in [5.41, 5.74) is 2.68. The first-order chi connectivity index (χ1) is 20.6. The molecule has 0 unspecified atom stereocenters. The van der Waals surface area contributed by atoms with E-state index in [0.717, 1.165) is 61.0 Å². The van der Waals surface area contributed by atoms with Gasteiger partial charge in [-0.25, -0.2) is 0 Å². The number of ether oxygens (including phenoxy) is 2. The summed E-state index contributed by atoms with van der Waals surface area (Å²) in [6.45, 7) is 7.10. The van der Waals surface area contributed by atoms with Crippen molar-refractivity contribution in [2.24, 2.45) is 0 Å². The number of morpholine rings is 1. The molecule has 2 saturated heterocycles. The van der Waals surface area contributed by atoms with Gasteiger partial charge in [-0.3, -0.25) is 14.5 Å². The average Bonchev–Trinajstić information content (AvgIpc) is 3.31. The number of carbonyl (C=O) groups is 2. The minimum Gasteiger partial charge on any atom is -0.497 e. The summed E-state index contributed by atoms with van der Waals surface area (Å²) in [5.74, 6) is 1.53. The fourth-order valence-corrected chi connectivity index (χ4v) is 5.35. The van der Waals surface area contributed by atoms with Gasteiger partial charge in [0.05, 0.1) is 39.0 Å². The number of aromatic nitrogens is 2. The quantitative estimate of drug-likeness (QED) is 0.366. The second-order valence-electron chi connectivity index (χ2n) is 10.7. The molecule has 2 aromatic carbocycles. The van der Waals surface area contributed by atoms with Gasteiger partial charge in [0.1, 0.15) is 5.75 Å². The van der Waals surface area contributed by atoms with E-state index in [9.17, 15) is 9.59 Å². The molecule has 222 valence electrons. The van der Waals surface area contributed by atoms with Crippen LogP contribution in [0.4, 0.5) is 5.82 Å². The van der Waals surface area contributed by atoms with Gasteiger partial charge in [0.25, 0.3) is 0 Å². The molecule has 0 spiro atoms. The van der Waals surface area contributed by atoms with Crippen molar-refractivity contribution in [3.05, 3.63) is 72.3 Å². The van der Waals surface area contributed by atoms with Gasteiger partial charge >= 0.3 is 0 Å². The third-order valence-electron chi connectivity index (χ3n) is 7.86. The first kappa shape index (κ1) is 29.5. The summed E-state index contributed by atoms with van der Waals surface area (Å²) >= 11 is 0. The second-order valence-corrected chi connectivity index (χ2v) is 10.7. The Balaban J connectivity index is 1.19. The number of nitrogens with zero attached hydrogens (tertiary/aromatic N) is 6. The second kappa shape index (κ2) is 14.7. The topological polar surface area (TPSA) is 91.3 Å². The zero-order valence-corrected chi connectivity index (χ0v) is 24.4. The van der Waals surface area contributed by atoms with Gasteiger partial charge in [-0.05, 0) is 36.2 Å². The minimum absolute atomic E-state index is 0.0142. The van der Waals surface area contributed by atoms with Gasteiger partial charge in [0.15, 0.2) is 5.82 Å². The molecule has 0 saturated carbocycles. The van der Waals surface area contributed by atoms with E-state index in [-0.39, 0.29) is 24.8 Å². The number of methoxy groups -OCH3 is 1. The molecule has 2 fully saturated rings. The number of benzene rings is 2. The number of hydrogen-bond acceptors (Lipinski definition) is 8. The Kier molecular flexibility index (Phi) is 10.3. The molecular formula is C32H40N6O4. The molecule has 0 atom stereocenters. The van der Waals surface area contributed by atoms with Crippen molar-refractivity contribution in [3.8, 4) is 17.0 Å². The van der Waals surface area contributed by atoms with Gasteiger partial charge < -0.3 is 24.2 Å². The van der Waals surface area contributed by atoms with E-state index in [0.29, 0.717) is 39.4 Å². The van der Waals surface area contributed by atoms with E-state index in [1.54, 1.807) is 12.0 Å². The summed E-state index contributed by atoms with van der Waals surface area (Å²) in [4.78, 5) is 34.9. The van der Waals surface area contributed by atoms with Crippen LogP contribution >= 0.6 is 0 Å². The number of hydrogen-bond donors (Lipinski definition) is 0. The fraction of sp³-hybridized carbons (Fsp3) is 0.438. The number of carbonyl (C=O) groups excluding carboxylic acids is 2. The normalized spacial score (nSPS) is 16.1. The lowest BCUT2D eigenvalue weighted by atomic mass is 10.1. The Labute approximate surface area is 247 Å². The molecule has 3 aromatic rings. The van der Waals surface area contributed by atoms with Crippen LogP contribution in [0.1, 0.15) is 12.0 Å². The Morgan fingerprint density at radius 1 is 0.905 bits per heavy atom.